The van der Waals surface area contributed by atoms with Crippen molar-refractivity contribution in [2.75, 3.05) is 20.6 Å². The highest BCUT2D eigenvalue weighted by Crippen LogP contribution is 2.36. The molecule has 2 atom stereocenters. The Morgan fingerprint density at radius 1 is 1.16 bits per heavy atom. The lowest BCUT2D eigenvalue weighted by molar-refractivity contribution is 0.0390. The summed E-state index contributed by atoms with van der Waals surface area (Å²) in [5.41, 5.74) is 0.288. The highest BCUT2D eigenvalue weighted by Gasteiger charge is 2.36. The second kappa shape index (κ2) is 7.25. The lowest BCUT2D eigenvalue weighted by Crippen LogP contribution is -2.49. The number of piperidine rings is 1. The van der Waals surface area contributed by atoms with E-state index in [1.54, 1.807) is 0 Å². The van der Waals surface area contributed by atoms with E-state index in [4.69, 9.17) is 11.6 Å². The van der Waals surface area contributed by atoms with E-state index in [1.807, 2.05) is 4.90 Å². The van der Waals surface area contributed by atoms with Crippen LogP contribution in [0.25, 0.3) is 0 Å². The molecule has 1 aliphatic heterocycles. The summed E-state index contributed by atoms with van der Waals surface area (Å²) in [6, 6.07) is 4.65. The third-order valence-corrected chi connectivity index (χ3v) is 7.59. The Morgan fingerprint density at radius 3 is 2.56 bits per heavy atom. The normalized spacial score (nSPS) is 24.2. The number of fused-ring (bicyclic) bond motifs is 1. The minimum absolute atomic E-state index is 0.0995. The zero-order valence-corrected chi connectivity index (χ0v) is 16.3. The average molecular weight is 385 g/mol. The Bertz CT molecular complexity index is 762. The highest BCUT2D eigenvalue weighted by atomic mass is 35.5. The summed E-state index contributed by atoms with van der Waals surface area (Å²) in [5.74, 6) is 0.427. The SMILES string of the molecule is CN(C)S(=O)(=O)c1ccc(Cl)c(C(=O)N2CCC[C@H]3CCCC[C@H]32)c1. The lowest BCUT2D eigenvalue weighted by Gasteiger charge is -2.44. The van der Waals surface area contributed by atoms with E-state index in [0.717, 1.165) is 30.1 Å². The van der Waals surface area contributed by atoms with Crippen molar-refractivity contribution in [2.24, 2.45) is 5.92 Å². The molecule has 1 amide bonds. The Morgan fingerprint density at radius 2 is 1.84 bits per heavy atom. The van der Waals surface area contributed by atoms with E-state index >= 15 is 0 Å². The van der Waals surface area contributed by atoms with Gasteiger partial charge in [0.1, 0.15) is 0 Å². The first kappa shape index (κ1) is 18.7. The number of halogens is 1. The van der Waals surface area contributed by atoms with Crippen LogP contribution in [0.3, 0.4) is 0 Å². The van der Waals surface area contributed by atoms with E-state index in [0.29, 0.717) is 10.9 Å². The zero-order chi connectivity index (χ0) is 18.2. The van der Waals surface area contributed by atoms with Gasteiger partial charge >= 0.3 is 0 Å². The van der Waals surface area contributed by atoms with Crippen LogP contribution in [-0.2, 0) is 10.0 Å². The number of likely N-dealkylation sites (tertiary alicyclic amines) is 1. The minimum Gasteiger partial charge on any atom is -0.335 e. The smallest absolute Gasteiger partial charge is 0.255 e. The van der Waals surface area contributed by atoms with Crippen LogP contribution in [0.5, 0.6) is 0 Å². The van der Waals surface area contributed by atoms with Crippen LogP contribution >= 0.6 is 11.6 Å². The van der Waals surface area contributed by atoms with Gasteiger partial charge < -0.3 is 4.90 Å². The lowest BCUT2D eigenvalue weighted by atomic mass is 9.78. The van der Waals surface area contributed by atoms with Gasteiger partial charge in [-0.3, -0.25) is 4.79 Å². The van der Waals surface area contributed by atoms with Crippen molar-refractivity contribution in [3.63, 3.8) is 0 Å². The number of sulfonamides is 1. The number of hydrogen-bond donors (Lipinski definition) is 0. The van der Waals surface area contributed by atoms with Gasteiger partial charge in [0, 0.05) is 26.7 Å². The number of carbonyl (C=O) groups is 1. The van der Waals surface area contributed by atoms with Crippen LogP contribution in [0.15, 0.2) is 23.1 Å². The summed E-state index contributed by atoms with van der Waals surface area (Å²) >= 11 is 6.26. The molecule has 0 bridgehead atoms. The Labute approximate surface area is 155 Å². The predicted octanol–water partition coefficient (Wildman–Crippen LogP) is 3.39. The van der Waals surface area contributed by atoms with Gasteiger partial charge in [-0.1, -0.05) is 24.4 Å². The van der Waals surface area contributed by atoms with Crippen LogP contribution in [0, 0.1) is 5.92 Å². The Kier molecular flexibility index (Phi) is 5.42. The highest BCUT2D eigenvalue weighted by molar-refractivity contribution is 7.89. The number of hydrogen-bond acceptors (Lipinski definition) is 3. The molecule has 0 unspecified atom stereocenters. The fraction of sp³-hybridized carbons (Fsp3) is 0.611. The largest absolute Gasteiger partial charge is 0.335 e. The summed E-state index contributed by atoms with van der Waals surface area (Å²) in [6.07, 6.45) is 6.77. The molecule has 1 heterocycles. The zero-order valence-electron chi connectivity index (χ0n) is 14.7. The van der Waals surface area contributed by atoms with Crippen LogP contribution in [0.2, 0.25) is 5.02 Å². The molecule has 0 N–H and O–H groups in total. The molecule has 0 radical (unpaired) electrons. The molecule has 5 nitrogen and oxygen atoms in total. The Balaban J connectivity index is 1.94. The van der Waals surface area contributed by atoms with Crippen molar-refractivity contribution in [3.05, 3.63) is 28.8 Å². The van der Waals surface area contributed by atoms with E-state index in [9.17, 15) is 13.2 Å². The standard InChI is InChI=1S/C18H25ClN2O3S/c1-20(2)25(23,24)14-9-10-16(19)15(12-14)18(22)21-11-5-7-13-6-3-4-8-17(13)21/h9-10,12-13,17H,3-8,11H2,1-2H3/t13-,17-/m1/s1. The van der Waals surface area contributed by atoms with Gasteiger partial charge in [-0.2, -0.15) is 0 Å². The molecule has 25 heavy (non-hydrogen) atoms. The van der Waals surface area contributed by atoms with Crippen molar-refractivity contribution < 1.29 is 13.2 Å². The number of benzene rings is 1. The molecular formula is C18H25ClN2O3S. The third kappa shape index (κ3) is 3.57. The summed E-state index contributed by atoms with van der Waals surface area (Å²) in [4.78, 5) is 15.2. The van der Waals surface area contributed by atoms with Crippen molar-refractivity contribution in [3.8, 4) is 0 Å². The summed E-state index contributed by atoms with van der Waals surface area (Å²) in [6.45, 7) is 0.723. The van der Waals surface area contributed by atoms with E-state index in [2.05, 4.69) is 0 Å². The second-order valence-electron chi connectivity index (χ2n) is 7.18. The maximum atomic E-state index is 13.2. The first-order valence-corrected chi connectivity index (χ1v) is 10.7. The first-order valence-electron chi connectivity index (χ1n) is 8.85. The van der Waals surface area contributed by atoms with Crippen molar-refractivity contribution >= 4 is 27.5 Å². The molecule has 2 aliphatic rings. The predicted molar refractivity (Wildman–Crippen MR) is 98.3 cm³/mol. The molecule has 1 aliphatic carbocycles. The summed E-state index contributed by atoms with van der Waals surface area (Å²) in [7, 11) is -0.650. The number of nitrogens with zero attached hydrogens (tertiary/aromatic N) is 2. The first-order chi connectivity index (χ1) is 11.8. The maximum absolute atomic E-state index is 13.2. The number of amides is 1. The van der Waals surface area contributed by atoms with Crippen molar-refractivity contribution in [1.29, 1.82) is 0 Å². The van der Waals surface area contributed by atoms with Gasteiger partial charge in [0.05, 0.1) is 15.5 Å². The third-order valence-electron chi connectivity index (χ3n) is 5.45. The number of rotatable bonds is 3. The average Bonchev–Trinajstić information content (AvgIpc) is 2.60. The van der Waals surface area contributed by atoms with Gasteiger partial charge in [-0.25, -0.2) is 12.7 Å². The molecule has 138 valence electrons. The maximum Gasteiger partial charge on any atom is 0.255 e. The molecule has 2 fully saturated rings. The monoisotopic (exact) mass is 384 g/mol. The molecule has 1 aromatic carbocycles. The fourth-order valence-electron chi connectivity index (χ4n) is 4.07. The Hall–Kier alpha value is -1.11. The molecule has 3 rings (SSSR count). The van der Waals surface area contributed by atoms with Gasteiger partial charge in [-0.05, 0) is 49.8 Å². The van der Waals surface area contributed by atoms with Gasteiger partial charge in [0.2, 0.25) is 10.0 Å². The minimum atomic E-state index is -3.60. The van der Waals surface area contributed by atoms with Crippen LogP contribution < -0.4 is 0 Å². The van der Waals surface area contributed by atoms with Crippen LogP contribution in [-0.4, -0.2) is 50.2 Å². The molecule has 7 heteroatoms. The van der Waals surface area contributed by atoms with Crippen molar-refractivity contribution in [1.82, 2.24) is 9.21 Å². The van der Waals surface area contributed by atoms with E-state index in [1.165, 1.54) is 51.6 Å². The molecule has 1 saturated heterocycles. The summed E-state index contributed by atoms with van der Waals surface area (Å²) < 4.78 is 25.9. The quantitative estimate of drug-likeness (QED) is 0.802. The topological polar surface area (TPSA) is 57.7 Å². The van der Waals surface area contributed by atoms with Crippen LogP contribution in [0.1, 0.15) is 48.9 Å². The van der Waals surface area contributed by atoms with Gasteiger partial charge in [0.15, 0.2) is 0 Å². The van der Waals surface area contributed by atoms with Crippen LogP contribution in [0.4, 0.5) is 0 Å². The molecule has 1 aromatic rings. The molecule has 1 saturated carbocycles. The molecular weight excluding hydrogens is 360 g/mol. The van der Waals surface area contributed by atoms with E-state index in [-0.39, 0.29) is 22.4 Å². The van der Waals surface area contributed by atoms with Gasteiger partial charge in [-0.15, -0.1) is 0 Å². The van der Waals surface area contributed by atoms with E-state index < -0.39 is 10.0 Å². The molecule has 0 aromatic heterocycles. The van der Waals surface area contributed by atoms with Crippen molar-refractivity contribution in [2.45, 2.75) is 49.5 Å². The summed E-state index contributed by atoms with van der Waals surface area (Å²) in [5, 5.41) is 0.306. The molecule has 0 spiro atoms. The second-order valence-corrected chi connectivity index (χ2v) is 9.74. The fourth-order valence-corrected chi connectivity index (χ4v) is 5.20. The number of carbonyl (C=O) groups excluding carboxylic acids is 1. The van der Waals surface area contributed by atoms with Gasteiger partial charge in [0.25, 0.3) is 5.91 Å².